The highest BCUT2D eigenvalue weighted by Crippen LogP contribution is 2.38. The summed E-state index contributed by atoms with van der Waals surface area (Å²) in [6.45, 7) is 3.52. The third kappa shape index (κ3) is 5.61. The lowest BCUT2D eigenvalue weighted by molar-refractivity contribution is -0.141. The van der Waals surface area contributed by atoms with Gasteiger partial charge in [0, 0.05) is 50.5 Å². The lowest BCUT2D eigenvalue weighted by atomic mass is 9.78. The Balaban J connectivity index is 0.00000171. The summed E-state index contributed by atoms with van der Waals surface area (Å²) in [4.78, 5) is 18.2. The number of nitrogens with one attached hydrogen (secondary N) is 1. The summed E-state index contributed by atoms with van der Waals surface area (Å²) in [5.41, 5.74) is 2.40. The molecule has 2 aliphatic rings. The minimum Gasteiger partial charge on any atom is -0.338 e. The number of rotatable bonds is 5. The van der Waals surface area contributed by atoms with Crippen molar-refractivity contribution in [1.82, 2.24) is 24.9 Å². The van der Waals surface area contributed by atoms with Crippen LogP contribution < -0.4 is 5.32 Å². The van der Waals surface area contributed by atoms with Gasteiger partial charge in [0.05, 0.1) is 6.20 Å². The first-order valence-electron chi connectivity index (χ1n) is 10.8. The van der Waals surface area contributed by atoms with Crippen molar-refractivity contribution in [2.45, 2.75) is 50.2 Å². The van der Waals surface area contributed by atoms with E-state index in [1.165, 1.54) is 37.7 Å². The number of benzene rings is 1. The Morgan fingerprint density at radius 3 is 2.45 bits per heavy atom. The Labute approximate surface area is 198 Å². The number of amides is 1. The van der Waals surface area contributed by atoms with Crippen LogP contribution in [0.15, 0.2) is 42.7 Å². The van der Waals surface area contributed by atoms with Gasteiger partial charge in [-0.05, 0) is 25.5 Å². The molecule has 1 amide bonds. The van der Waals surface area contributed by atoms with Crippen molar-refractivity contribution in [3.05, 3.63) is 53.9 Å². The molecule has 1 unspecified atom stereocenters. The van der Waals surface area contributed by atoms with Crippen LogP contribution in [0, 0.1) is 0 Å². The highest BCUT2D eigenvalue weighted by atomic mass is 35.5. The third-order valence-corrected chi connectivity index (χ3v) is 6.70. The molecule has 8 heteroatoms. The molecule has 2 aromatic rings. The number of piperazine rings is 1. The minimum atomic E-state index is -0.329. The van der Waals surface area contributed by atoms with E-state index in [-0.39, 0.29) is 42.3 Å². The number of hydrogen-bond donors (Lipinski definition) is 1. The van der Waals surface area contributed by atoms with Crippen molar-refractivity contribution in [2.75, 3.05) is 26.7 Å². The maximum atomic E-state index is 13.4. The van der Waals surface area contributed by atoms with Crippen LogP contribution in [0.25, 0.3) is 0 Å². The largest absolute Gasteiger partial charge is 0.338 e. The van der Waals surface area contributed by atoms with Crippen LogP contribution >= 0.6 is 24.8 Å². The van der Waals surface area contributed by atoms with Gasteiger partial charge < -0.3 is 10.2 Å². The SMILES string of the molecule is CNC(C(=O)N1CCN(Cc2ccccc2)C2(CCCCC2)C1)c1cnn(C)c1.Cl.Cl. The zero-order valence-corrected chi connectivity index (χ0v) is 20.1. The van der Waals surface area contributed by atoms with Gasteiger partial charge in [-0.3, -0.25) is 14.4 Å². The molecule has 0 radical (unpaired) electrons. The summed E-state index contributed by atoms with van der Waals surface area (Å²) < 4.78 is 1.76. The number of nitrogens with zero attached hydrogens (tertiary/aromatic N) is 4. The number of hydrogen-bond acceptors (Lipinski definition) is 4. The summed E-state index contributed by atoms with van der Waals surface area (Å²) in [6.07, 6.45) is 9.91. The number of carbonyl (C=O) groups is 1. The van der Waals surface area contributed by atoms with E-state index in [0.29, 0.717) is 0 Å². The fourth-order valence-corrected chi connectivity index (χ4v) is 5.14. The Morgan fingerprint density at radius 1 is 1.13 bits per heavy atom. The Hall–Kier alpha value is -1.60. The van der Waals surface area contributed by atoms with Gasteiger partial charge in [-0.15, -0.1) is 24.8 Å². The van der Waals surface area contributed by atoms with Crippen molar-refractivity contribution in [2.24, 2.45) is 7.05 Å². The molecule has 0 bridgehead atoms. The van der Waals surface area contributed by atoms with Crippen LogP contribution in [0.3, 0.4) is 0 Å². The second kappa shape index (κ2) is 11.3. The van der Waals surface area contributed by atoms with E-state index in [1.807, 2.05) is 20.3 Å². The van der Waals surface area contributed by atoms with Crippen LogP contribution in [-0.2, 0) is 18.4 Å². The maximum absolute atomic E-state index is 13.4. The standard InChI is InChI=1S/C23H33N5O.2ClH/c1-24-21(20-15-25-26(2)17-20)22(29)27-13-14-28(16-19-9-5-3-6-10-19)23(18-27)11-7-4-8-12-23;;/h3,5-6,9-10,15,17,21,24H,4,7-8,11-14,16,18H2,1-2H3;2*1H. The highest BCUT2D eigenvalue weighted by Gasteiger charge is 2.44. The Kier molecular flexibility index (Phi) is 9.37. The van der Waals surface area contributed by atoms with Crippen LogP contribution in [0.4, 0.5) is 0 Å². The van der Waals surface area contributed by atoms with Gasteiger partial charge in [-0.1, -0.05) is 49.6 Å². The normalized spacial score (nSPS) is 19.4. The van der Waals surface area contributed by atoms with E-state index in [2.05, 4.69) is 50.5 Å². The lowest BCUT2D eigenvalue weighted by Gasteiger charge is -2.53. The van der Waals surface area contributed by atoms with E-state index in [4.69, 9.17) is 0 Å². The Morgan fingerprint density at radius 2 is 1.84 bits per heavy atom. The zero-order chi connectivity index (χ0) is 20.3. The molecule has 1 N–H and O–H groups in total. The van der Waals surface area contributed by atoms with Gasteiger partial charge in [0.25, 0.3) is 0 Å². The van der Waals surface area contributed by atoms with Crippen molar-refractivity contribution in [3.8, 4) is 0 Å². The molecule has 2 fully saturated rings. The lowest BCUT2D eigenvalue weighted by Crippen LogP contribution is -2.64. The maximum Gasteiger partial charge on any atom is 0.244 e. The van der Waals surface area contributed by atoms with Gasteiger partial charge in [-0.2, -0.15) is 5.10 Å². The third-order valence-electron chi connectivity index (χ3n) is 6.70. The summed E-state index contributed by atoms with van der Waals surface area (Å²) in [6, 6.07) is 10.4. The number of aromatic nitrogens is 2. The molecule has 2 heterocycles. The van der Waals surface area contributed by atoms with Crippen LogP contribution in [0.1, 0.15) is 49.3 Å². The summed E-state index contributed by atoms with van der Waals surface area (Å²) in [5.74, 6) is 0.171. The van der Waals surface area contributed by atoms with Crippen molar-refractivity contribution in [1.29, 1.82) is 0 Å². The molecule has 6 nitrogen and oxygen atoms in total. The molecule has 1 saturated carbocycles. The zero-order valence-electron chi connectivity index (χ0n) is 18.5. The van der Waals surface area contributed by atoms with E-state index < -0.39 is 0 Å². The van der Waals surface area contributed by atoms with Gasteiger partial charge in [0.2, 0.25) is 5.91 Å². The molecule has 1 aromatic heterocycles. The van der Waals surface area contributed by atoms with Crippen LogP contribution in [-0.4, -0.2) is 57.7 Å². The average Bonchev–Trinajstić information content (AvgIpc) is 3.17. The second-order valence-electron chi connectivity index (χ2n) is 8.62. The van der Waals surface area contributed by atoms with E-state index in [1.54, 1.807) is 10.9 Å². The number of aryl methyl sites for hydroxylation is 1. The first-order chi connectivity index (χ1) is 14.1. The van der Waals surface area contributed by atoms with Crippen molar-refractivity contribution < 1.29 is 4.79 Å². The molecule has 1 aromatic carbocycles. The smallest absolute Gasteiger partial charge is 0.244 e. The van der Waals surface area contributed by atoms with E-state index >= 15 is 0 Å². The molecular weight excluding hydrogens is 433 g/mol. The fourth-order valence-electron chi connectivity index (χ4n) is 5.14. The highest BCUT2D eigenvalue weighted by molar-refractivity contribution is 5.85. The molecule has 4 rings (SSSR count). The molecule has 1 aliphatic heterocycles. The topological polar surface area (TPSA) is 53.4 Å². The second-order valence-corrected chi connectivity index (χ2v) is 8.62. The van der Waals surface area contributed by atoms with Crippen molar-refractivity contribution >= 4 is 30.7 Å². The first kappa shape index (κ1) is 25.7. The number of likely N-dealkylation sites (N-methyl/N-ethyl adjacent to an activating group) is 1. The molecule has 1 spiro atoms. The van der Waals surface area contributed by atoms with Crippen LogP contribution in [0.2, 0.25) is 0 Å². The predicted molar refractivity (Wildman–Crippen MR) is 129 cm³/mol. The summed E-state index contributed by atoms with van der Waals surface area (Å²) in [5, 5.41) is 7.47. The molecule has 1 saturated heterocycles. The van der Waals surface area contributed by atoms with Crippen LogP contribution in [0.5, 0.6) is 0 Å². The summed E-state index contributed by atoms with van der Waals surface area (Å²) in [7, 11) is 3.75. The van der Waals surface area contributed by atoms with E-state index in [0.717, 1.165) is 31.7 Å². The average molecular weight is 468 g/mol. The monoisotopic (exact) mass is 467 g/mol. The van der Waals surface area contributed by atoms with Gasteiger partial charge in [-0.25, -0.2) is 0 Å². The number of halogens is 2. The summed E-state index contributed by atoms with van der Waals surface area (Å²) >= 11 is 0. The molecular formula is C23H35Cl2N5O. The molecule has 172 valence electrons. The van der Waals surface area contributed by atoms with Gasteiger partial charge in [0.1, 0.15) is 6.04 Å². The van der Waals surface area contributed by atoms with Gasteiger partial charge >= 0.3 is 0 Å². The quantitative estimate of drug-likeness (QED) is 0.729. The fraction of sp³-hybridized carbons (Fsp3) is 0.565. The minimum absolute atomic E-state index is 0. The first-order valence-corrected chi connectivity index (χ1v) is 10.8. The molecule has 1 aliphatic carbocycles. The predicted octanol–water partition coefficient (Wildman–Crippen LogP) is 3.57. The Bertz CT molecular complexity index is 822. The van der Waals surface area contributed by atoms with E-state index in [9.17, 15) is 4.79 Å². The molecule has 1 atom stereocenters. The van der Waals surface area contributed by atoms with Crippen molar-refractivity contribution in [3.63, 3.8) is 0 Å². The number of carbonyl (C=O) groups excluding carboxylic acids is 1. The van der Waals surface area contributed by atoms with Gasteiger partial charge in [0.15, 0.2) is 0 Å². The molecule has 31 heavy (non-hydrogen) atoms.